The van der Waals surface area contributed by atoms with Crippen LogP contribution in [0.1, 0.15) is 6.92 Å². The second-order valence-electron chi connectivity index (χ2n) is 4.70. The fourth-order valence-corrected chi connectivity index (χ4v) is 1.94. The van der Waals surface area contributed by atoms with Gasteiger partial charge in [0.2, 0.25) is 0 Å². The molecule has 1 aliphatic heterocycles. The summed E-state index contributed by atoms with van der Waals surface area (Å²) in [7, 11) is 1.66. The van der Waals surface area contributed by atoms with Crippen LogP contribution in [0.25, 0.3) is 0 Å². The van der Waals surface area contributed by atoms with Gasteiger partial charge in [0.05, 0.1) is 52.4 Å². The van der Waals surface area contributed by atoms with Gasteiger partial charge in [-0.15, -0.1) is 0 Å². The predicted molar refractivity (Wildman–Crippen MR) is 71.4 cm³/mol. The summed E-state index contributed by atoms with van der Waals surface area (Å²) in [6, 6.07) is 0.379. The van der Waals surface area contributed by atoms with Crippen LogP contribution in [0.2, 0.25) is 0 Å². The molecule has 19 heavy (non-hydrogen) atoms. The molecule has 0 radical (unpaired) electrons. The molecule has 0 aliphatic carbocycles. The molecule has 2 atom stereocenters. The number of hydrogen-bond acceptors (Lipinski definition) is 6. The van der Waals surface area contributed by atoms with Gasteiger partial charge in [0.1, 0.15) is 0 Å². The third kappa shape index (κ3) is 7.20. The SMILES string of the molecule is COCCOCCOCCN1CC(CO)OCC1C. The van der Waals surface area contributed by atoms with Crippen LogP contribution >= 0.6 is 0 Å². The Morgan fingerprint density at radius 3 is 2.53 bits per heavy atom. The first-order valence-electron chi connectivity index (χ1n) is 6.88. The molecule has 1 N–H and O–H groups in total. The van der Waals surface area contributed by atoms with Gasteiger partial charge in [-0.3, -0.25) is 4.90 Å². The minimum absolute atomic E-state index is 0.0615. The van der Waals surface area contributed by atoms with Crippen molar-refractivity contribution in [1.29, 1.82) is 0 Å². The molecule has 0 saturated carbocycles. The molecule has 0 spiro atoms. The third-order valence-electron chi connectivity index (χ3n) is 3.16. The summed E-state index contributed by atoms with van der Waals surface area (Å²) < 4.78 is 21.2. The standard InChI is InChI=1S/C13H27NO5/c1-12-11-19-13(10-15)9-14(12)3-4-17-7-8-18-6-5-16-2/h12-13,15H,3-11H2,1-2H3. The second kappa shape index (κ2) is 10.5. The van der Waals surface area contributed by atoms with Crippen molar-refractivity contribution >= 4 is 0 Å². The molecule has 0 aromatic rings. The Labute approximate surface area is 115 Å². The smallest absolute Gasteiger partial charge is 0.0933 e. The summed E-state index contributed by atoms with van der Waals surface area (Å²) in [6.07, 6.45) is -0.0615. The molecule has 1 aliphatic rings. The number of ether oxygens (including phenoxy) is 4. The topological polar surface area (TPSA) is 60.4 Å². The average Bonchev–Trinajstić information content (AvgIpc) is 2.43. The first kappa shape index (κ1) is 16.8. The van der Waals surface area contributed by atoms with Gasteiger partial charge < -0.3 is 24.1 Å². The molecule has 1 saturated heterocycles. The minimum Gasteiger partial charge on any atom is -0.394 e. The minimum atomic E-state index is -0.0615. The van der Waals surface area contributed by atoms with Gasteiger partial charge in [0.25, 0.3) is 0 Å². The number of aliphatic hydroxyl groups excluding tert-OH is 1. The van der Waals surface area contributed by atoms with E-state index in [4.69, 9.17) is 24.1 Å². The van der Waals surface area contributed by atoms with E-state index < -0.39 is 0 Å². The summed E-state index contributed by atoms with van der Waals surface area (Å²) in [5, 5.41) is 9.10. The molecular formula is C13H27NO5. The summed E-state index contributed by atoms with van der Waals surface area (Å²) in [4.78, 5) is 2.29. The molecule has 1 heterocycles. The highest BCUT2D eigenvalue weighted by Gasteiger charge is 2.24. The van der Waals surface area contributed by atoms with Gasteiger partial charge in [-0.25, -0.2) is 0 Å². The van der Waals surface area contributed by atoms with Crippen molar-refractivity contribution in [3.8, 4) is 0 Å². The maximum Gasteiger partial charge on any atom is 0.0933 e. The van der Waals surface area contributed by atoms with Crippen LogP contribution in [0.5, 0.6) is 0 Å². The fourth-order valence-electron chi connectivity index (χ4n) is 1.94. The summed E-state index contributed by atoms with van der Waals surface area (Å²) >= 11 is 0. The van der Waals surface area contributed by atoms with Crippen molar-refractivity contribution in [3.05, 3.63) is 0 Å². The lowest BCUT2D eigenvalue weighted by atomic mass is 10.2. The number of hydrogen-bond donors (Lipinski definition) is 1. The van der Waals surface area contributed by atoms with E-state index >= 15 is 0 Å². The van der Waals surface area contributed by atoms with Crippen molar-refractivity contribution in [2.75, 3.05) is 66.4 Å². The van der Waals surface area contributed by atoms with E-state index in [-0.39, 0.29) is 12.7 Å². The molecule has 1 fully saturated rings. The van der Waals surface area contributed by atoms with Crippen molar-refractivity contribution in [3.63, 3.8) is 0 Å². The van der Waals surface area contributed by atoms with Crippen molar-refractivity contribution < 1.29 is 24.1 Å². The quantitative estimate of drug-likeness (QED) is 0.556. The zero-order valence-electron chi connectivity index (χ0n) is 12.0. The highest BCUT2D eigenvalue weighted by molar-refractivity contribution is 4.76. The van der Waals surface area contributed by atoms with Gasteiger partial charge in [-0.1, -0.05) is 0 Å². The molecule has 114 valence electrons. The van der Waals surface area contributed by atoms with E-state index in [2.05, 4.69) is 11.8 Å². The Balaban J connectivity index is 1.98. The zero-order chi connectivity index (χ0) is 13.9. The average molecular weight is 277 g/mol. The van der Waals surface area contributed by atoms with Gasteiger partial charge in [0.15, 0.2) is 0 Å². The Bertz CT molecular complexity index is 217. The molecular weight excluding hydrogens is 250 g/mol. The second-order valence-corrected chi connectivity index (χ2v) is 4.70. The van der Waals surface area contributed by atoms with E-state index in [1.165, 1.54) is 0 Å². The van der Waals surface area contributed by atoms with Gasteiger partial charge in [0, 0.05) is 26.2 Å². The molecule has 1 rings (SSSR count). The fraction of sp³-hybridized carbons (Fsp3) is 1.00. The van der Waals surface area contributed by atoms with Crippen LogP contribution in [-0.2, 0) is 18.9 Å². The maximum absolute atomic E-state index is 9.10. The zero-order valence-corrected chi connectivity index (χ0v) is 12.0. The summed E-state index contributed by atoms with van der Waals surface area (Å²) in [6.45, 7) is 7.62. The number of morpholine rings is 1. The molecule has 0 amide bonds. The highest BCUT2D eigenvalue weighted by atomic mass is 16.5. The Morgan fingerprint density at radius 1 is 1.16 bits per heavy atom. The van der Waals surface area contributed by atoms with E-state index in [9.17, 15) is 0 Å². The Kier molecular flexibility index (Phi) is 9.32. The van der Waals surface area contributed by atoms with Gasteiger partial charge in [-0.2, -0.15) is 0 Å². The summed E-state index contributed by atoms with van der Waals surface area (Å²) in [5.41, 5.74) is 0. The number of aliphatic hydroxyl groups is 1. The van der Waals surface area contributed by atoms with Crippen LogP contribution in [0, 0.1) is 0 Å². The van der Waals surface area contributed by atoms with Crippen molar-refractivity contribution in [2.45, 2.75) is 19.1 Å². The van der Waals surface area contributed by atoms with Crippen LogP contribution < -0.4 is 0 Å². The van der Waals surface area contributed by atoms with E-state index in [1.807, 2.05) is 0 Å². The molecule has 0 aromatic heterocycles. The number of rotatable bonds is 10. The predicted octanol–water partition coefficient (Wildman–Crippen LogP) is -0.252. The Hall–Kier alpha value is -0.240. The molecule has 6 heteroatoms. The van der Waals surface area contributed by atoms with Crippen molar-refractivity contribution in [1.82, 2.24) is 4.90 Å². The third-order valence-corrected chi connectivity index (χ3v) is 3.16. The van der Waals surface area contributed by atoms with Crippen LogP contribution in [0.4, 0.5) is 0 Å². The number of nitrogens with zero attached hydrogens (tertiary/aromatic N) is 1. The molecule has 6 nitrogen and oxygen atoms in total. The lowest BCUT2D eigenvalue weighted by molar-refractivity contribution is -0.0840. The first-order chi connectivity index (χ1) is 9.27. The summed E-state index contributed by atoms with van der Waals surface area (Å²) in [5.74, 6) is 0. The number of methoxy groups -OCH3 is 1. The largest absolute Gasteiger partial charge is 0.394 e. The highest BCUT2D eigenvalue weighted by Crippen LogP contribution is 2.10. The van der Waals surface area contributed by atoms with Crippen LogP contribution in [0.15, 0.2) is 0 Å². The lowest BCUT2D eigenvalue weighted by Gasteiger charge is -2.37. The lowest BCUT2D eigenvalue weighted by Crippen LogP contribution is -2.50. The van der Waals surface area contributed by atoms with Crippen LogP contribution in [0.3, 0.4) is 0 Å². The monoisotopic (exact) mass is 277 g/mol. The maximum atomic E-state index is 9.10. The van der Waals surface area contributed by atoms with E-state index in [0.717, 1.165) is 13.1 Å². The molecule has 0 aromatic carbocycles. The van der Waals surface area contributed by atoms with E-state index in [0.29, 0.717) is 45.7 Å². The van der Waals surface area contributed by atoms with Gasteiger partial charge >= 0.3 is 0 Å². The molecule has 2 unspecified atom stereocenters. The first-order valence-corrected chi connectivity index (χ1v) is 6.88. The molecule has 0 bridgehead atoms. The van der Waals surface area contributed by atoms with Gasteiger partial charge in [-0.05, 0) is 6.92 Å². The van der Waals surface area contributed by atoms with E-state index in [1.54, 1.807) is 7.11 Å². The van der Waals surface area contributed by atoms with Crippen LogP contribution in [-0.4, -0.2) is 88.6 Å². The normalized spacial score (nSPS) is 24.8. The Morgan fingerprint density at radius 2 is 1.84 bits per heavy atom. The van der Waals surface area contributed by atoms with Crippen molar-refractivity contribution in [2.24, 2.45) is 0 Å².